The number of rotatable bonds is 8. The van der Waals surface area contributed by atoms with E-state index in [4.69, 9.17) is 9.47 Å². The topological polar surface area (TPSA) is 38.8 Å². The monoisotopic (exact) mass is 359 g/mol. The summed E-state index contributed by atoms with van der Waals surface area (Å²) in [6.07, 6.45) is 0. The molecule has 0 aliphatic heterocycles. The van der Waals surface area contributed by atoms with Crippen LogP contribution < -0.4 is 9.47 Å². The van der Waals surface area contributed by atoms with E-state index >= 15 is 0 Å². The molecule has 2 rings (SSSR count). The number of amides is 1. The quantitative estimate of drug-likeness (QED) is 0.716. The summed E-state index contributed by atoms with van der Waals surface area (Å²) in [6, 6.07) is 14.1. The first kappa shape index (κ1) is 19.2. The van der Waals surface area contributed by atoms with Crippen LogP contribution in [0, 0.1) is 6.92 Å². The average molecular weight is 359 g/mol. The van der Waals surface area contributed by atoms with Crippen LogP contribution in [0.25, 0.3) is 0 Å². The zero-order valence-electron chi connectivity index (χ0n) is 15.2. The van der Waals surface area contributed by atoms with Gasteiger partial charge in [-0.25, -0.2) is 0 Å². The van der Waals surface area contributed by atoms with Crippen LogP contribution >= 0.6 is 11.8 Å². The molecule has 2 aromatic rings. The molecule has 1 amide bonds. The second-order valence-corrected chi connectivity index (χ2v) is 6.90. The lowest BCUT2D eigenvalue weighted by atomic mass is 10.2. The third kappa shape index (κ3) is 5.71. The fraction of sp³-hybridized carbons (Fsp3) is 0.350. The second-order valence-electron chi connectivity index (χ2n) is 5.92. The van der Waals surface area contributed by atoms with E-state index in [1.807, 2.05) is 25.2 Å². The molecule has 0 spiro atoms. The number of benzene rings is 2. The first-order valence-corrected chi connectivity index (χ1v) is 9.27. The zero-order valence-corrected chi connectivity index (χ0v) is 16.1. The van der Waals surface area contributed by atoms with Gasteiger partial charge in [-0.2, -0.15) is 0 Å². The molecule has 5 heteroatoms. The number of nitrogens with zero attached hydrogens (tertiary/aromatic N) is 1. The van der Waals surface area contributed by atoms with Crippen molar-refractivity contribution >= 4 is 17.7 Å². The second kappa shape index (κ2) is 9.37. The molecular weight excluding hydrogens is 334 g/mol. The molecule has 0 bridgehead atoms. The van der Waals surface area contributed by atoms with Gasteiger partial charge in [-0.1, -0.05) is 35.9 Å². The van der Waals surface area contributed by atoms with E-state index in [9.17, 15) is 4.79 Å². The maximum Gasteiger partial charge on any atom is 0.232 e. The van der Waals surface area contributed by atoms with Crippen molar-refractivity contribution in [1.82, 2.24) is 4.90 Å². The lowest BCUT2D eigenvalue weighted by molar-refractivity contribution is -0.127. The summed E-state index contributed by atoms with van der Waals surface area (Å²) in [5.41, 5.74) is 3.50. The zero-order chi connectivity index (χ0) is 18.2. The standard InChI is InChI=1S/C20H25NO3S/c1-15-5-7-16(8-6-15)13-25-14-20(22)21(2)12-17-9-10-18(23-3)19(11-17)24-4/h5-11H,12-14H2,1-4H3. The van der Waals surface area contributed by atoms with Crippen LogP contribution in [0.3, 0.4) is 0 Å². The molecule has 0 saturated heterocycles. The predicted octanol–water partition coefficient (Wildman–Crippen LogP) is 3.90. The number of carbonyl (C=O) groups is 1. The van der Waals surface area contributed by atoms with Gasteiger partial charge in [0.25, 0.3) is 0 Å². The Balaban J connectivity index is 1.84. The molecule has 0 fully saturated rings. The first-order valence-electron chi connectivity index (χ1n) is 8.11. The van der Waals surface area contributed by atoms with E-state index in [0.29, 0.717) is 23.8 Å². The fourth-order valence-corrected chi connectivity index (χ4v) is 3.32. The normalized spacial score (nSPS) is 10.4. The molecule has 0 aromatic heterocycles. The van der Waals surface area contributed by atoms with Gasteiger partial charge >= 0.3 is 0 Å². The SMILES string of the molecule is COc1ccc(CN(C)C(=O)CSCc2ccc(C)cc2)cc1OC. The van der Waals surface area contributed by atoms with E-state index in [1.54, 1.807) is 30.9 Å². The average Bonchev–Trinajstić information content (AvgIpc) is 2.63. The predicted molar refractivity (Wildman–Crippen MR) is 103 cm³/mol. The molecule has 0 saturated carbocycles. The largest absolute Gasteiger partial charge is 0.493 e. The van der Waals surface area contributed by atoms with E-state index in [0.717, 1.165) is 11.3 Å². The molecule has 134 valence electrons. The minimum atomic E-state index is 0.117. The third-order valence-corrected chi connectivity index (χ3v) is 4.90. The van der Waals surface area contributed by atoms with Gasteiger partial charge in [0.05, 0.1) is 20.0 Å². The van der Waals surface area contributed by atoms with E-state index in [1.165, 1.54) is 11.1 Å². The fourth-order valence-electron chi connectivity index (χ4n) is 2.39. The molecule has 0 aliphatic carbocycles. The van der Waals surface area contributed by atoms with Gasteiger partial charge in [0, 0.05) is 19.3 Å². The van der Waals surface area contributed by atoms with Gasteiger partial charge in [-0.3, -0.25) is 4.79 Å². The summed E-state index contributed by atoms with van der Waals surface area (Å²) < 4.78 is 10.5. The van der Waals surface area contributed by atoms with Crippen molar-refractivity contribution in [3.8, 4) is 11.5 Å². The van der Waals surface area contributed by atoms with Gasteiger partial charge in [0.1, 0.15) is 0 Å². The number of aryl methyl sites for hydroxylation is 1. The highest BCUT2D eigenvalue weighted by Crippen LogP contribution is 2.28. The first-order chi connectivity index (χ1) is 12.0. The molecule has 0 aliphatic rings. The molecule has 0 atom stereocenters. The third-order valence-electron chi connectivity index (χ3n) is 3.91. The van der Waals surface area contributed by atoms with Crippen molar-refractivity contribution in [3.05, 3.63) is 59.2 Å². The maximum absolute atomic E-state index is 12.3. The van der Waals surface area contributed by atoms with Crippen molar-refractivity contribution in [2.24, 2.45) is 0 Å². The summed E-state index contributed by atoms with van der Waals surface area (Å²) >= 11 is 1.64. The minimum Gasteiger partial charge on any atom is -0.493 e. The molecule has 0 unspecified atom stereocenters. The Hall–Kier alpha value is -2.14. The summed E-state index contributed by atoms with van der Waals surface area (Å²) in [5, 5.41) is 0. The van der Waals surface area contributed by atoms with Gasteiger partial charge in [0.2, 0.25) is 5.91 Å². The minimum absolute atomic E-state index is 0.117. The van der Waals surface area contributed by atoms with Crippen molar-refractivity contribution in [2.75, 3.05) is 27.0 Å². The maximum atomic E-state index is 12.3. The number of methoxy groups -OCH3 is 2. The summed E-state index contributed by atoms with van der Waals surface area (Å²) in [7, 11) is 5.04. The van der Waals surface area contributed by atoms with Crippen molar-refractivity contribution < 1.29 is 14.3 Å². The van der Waals surface area contributed by atoms with Crippen LogP contribution in [0.5, 0.6) is 11.5 Å². The Kier molecular flexibility index (Phi) is 7.19. The molecule has 4 nitrogen and oxygen atoms in total. The summed E-state index contributed by atoms with van der Waals surface area (Å²) in [4.78, 5) is 14.1. The Bertz CT molecular complexity index is 701. The Morgan fingerprint density at radius 1 is 1.00 bits per heavy atom. The molecule has 0 radical (unpaired) electrons. The molecule has 0 heterocycles. The van der Waals surface area contributed by atoms with Crippen LogP contribution in [0.1, 0.15) is 16.7 Å². The van der Waals surface area contributed by atoms with Gasteiger partial charge < -0.3 is 14.4 Å². The van der Waals surface area contributed by atoms with Crippen molar-refractivity contribution in [3.63, 3.8) is 0 Å². The Labute approximate surface area is 154 Å². The highest BCUT2D eigenvalue weighted by molar-refractivity contribution is 7.99. The van der Waals surface area contributed by atoms with E-state index in [2.05, 4.69) is 31.2 Å². The molecule has 0 N–H and O–H groups in total. The van der Waals surface area contributed by atoms with Crippen LogP contribution in [0.4, 0.5) is 0 Å². The van der Waals surface area contributed by atoms with E-state index < -0.39 is 0 Å². The number of ether oxygens (including phenoxy) is 2. The Morgan fingerprint density at radius 2 is 1.64 bits per heavy atom. The van der Waals surface area contributed by atoms with E-state index in [-0.39, 0.29) is 5.91 Å². The van der Waals surface area contributed by atoms with Crippen LogP contribution in [0.15, 0.2) is 42.5 Å². The summed E-state index contributed by atoms with van der Waals surface area (Å²) in [5.74, 6) is 2.80. The molecule has 2 aromatic carbocycles. The smallest absolute Gasteiger partial charge is 0.232 e. The molecular formula is C20H25NO3S. The van der Waals surface area contributed by atoms with Crippen molar-refractivity contribution in [1.29, 1.82) is 0 Å². The van der Waals surface area contributed by atoms with Crippen LogP contribution in [-0.2, 0) is 17.1 Å². The number of hydrogen-bond acceptors (Lipinski definition) is 4. The lowest BCUT2D eigenvalue weighted by Crippen LogP contribution is -2.27. The van der Waals surface area contributed by atoms with Gasteiger partial charge in [-0.05, 0) is 30.2 Å². The lowest BCUT2D eigenvalue weighted by Gasteiger charge is -2.18. The highest BCUT2D eigenvalue weighted by Gasteiger charge is 2.11. The van der Waals surface area contributed by atoms with Gasteiger partial charge in [0.15, 0.2) is 11.5 Å². The number of hydrogen-bond donors (Lipinski definition) is 0. The molecule has 25 heavy (non-hydrogen) atoms. The highest BCUT2D eigenvalue weighted by atomic mass is 32.2. The van der Waals surface area contributed by atoms with Crippen molar-refractivity contribution in [2.45, 2.75) is 19.2 Å². The van der Waals surface area contributed by atoms with Crippen LogP contribution in [-0.4, -0.2) is 37.8 Å². The number of carbonyl (C=O) groups excluding carboxylic acids is 1. The number of thioether (sulfide) groups is 1. The van der Waals surface area contributed by atoms with Gasteiger partial charge in [-0.15, -0.1) is 11.8 Å². The summed E-state index contributed by atoms with van der Waals surface area (Å²) in [6.45, 7) is 2.62. The Morgan fingerprint density at radius 3 is 2.28 bits per heavy atom. The van der Waals surface area contributed by atoms with Crippen LogP contribution in [0.2, 0.25) is 0 Å².